The Hall–Kier alpha value is -2.56. The lowest BCUT2D eigenvalue weighted by molar-refractivity contribution is 0.102. The van der Waals surface area contributed by atoms with Gasteiger partial charge in [0.15, 0.2) is 10.9 Å². The summed E-state index contributed by atoms with van der Waals surface area (Å²) in [6, 6.07) is 13.5. The summed E-state index contributed by atoms with van der Waals surface area (Å²) >= 11 is 1.18. The van der Waals surface area contributed by atoms with Gasteiger partial charge in [-0.2, -0.15) is 4.31 Å². The predicted molar refractivity (Wildman–Crippen MR) is 108 cm³/mol. The van der Waals surface area contributed by atoms with Gasteiger partial charge >= 0.3 is 0 Å². The predicted octanol–water partition coefficient (Wildman–Crippen LogP) is 2.75. The molecule has 10 heteroatoms. The number of carbonyl (C=O) groups excluding carboxylic acids is 1. The molecule has 3 rings (SSSR count). The molecule has 0 saturated heterocycles. The molecule has 7 nitrogen and oxygen atoms in total. The molecule has 0 bridgehead atoms. The summed E-state index contributed by atoms with van der Waals surface area (Å²) in [5.41, 5.74) is 0.412. The van der Waals surface area contributed by atoms with Crippen molar-refractivity contribution in [2.75, 3.05) is 12.8 Å². The van der Waals surface area contributed by atoms with Crippen LogP contribution in [-0.2, 0) is 23.6 Å². The standard InChI is InChI=1S/C19H19FN4O3S2/c1-23(29(26,27)16-6-4-3-5-7-16)12-18-21-22-19(24(18)2)28-13-17(25)14-8-10-15(20)11-9-14/h3-11H,12-13H2,1-2H3. The molecule has 0 aliphatic carbocycles. The van der Waals surface area contributed by atoms with Gasteiger partial charge in [0.25, 0.3) is 0 Å². The van der Waals surface area contributed by atoms with Crippen molar-refractivity contribution < 1.29 is 17.6 Å². The average molecular weight is 435 g/mol. The molecule has 0 atom stereocenters. The number of hydrogen-bond donors (Lipinski definition) is 0. The second-order valence-electron chi connectivity index (χ2n) is 6.25. The van der Waals surface area contributed by atoms with E-state index in [9.17, 15) is 17.6 Å². The van der Waals surface area contributed by atoms with Crippen LogP contribution in [0.15, 0.2) is 64.6 Å². The number of ketones is 1. The van der Waals surface area contributed by atoms with E-state index < -0.39 is 15.8 Å². The Labute approximate surface area is 172 Å². The fourth-order valence-electron chi connectivity index (χ4n) is 2.51. The third-order valence-corrected chi connectivity index (χ3v) is 7.08. The van der Waals surface area contributed by atoms with Gasteiger partial charge in [-0.25, -0.2) is 12.8 Å². The molecular weight excluding hydrogens is 415 g/mol. The van der Waals surface area contributed by atoms with Gasteiger partial charge < -0.3 is 4.57 Å². The first-order chi connectivity index (χ1) is 13.8. The first kappa shape index (κ1) is 21.2. The number of sulfonamides is 1. The molecule has 29 heavy (non-hydrogen) atoms. The van der Waals surface area contributed by atoms with E-state index in [2.05, 4.69) is 10.2 Å². The van der Waals surface area contributed by atoms with E-state index in [1.807, 2.05) is 0 Å². The van der Waals surface area contributed by atoms with Crippen molar-refractivity contribution in [2.45, 2.75) is 16.6 Å². The maximum Gasteiger partial charge on any atom is 0.243 e. The topological polar surface area (TPSA) is 85.2 Å². The largest absolute Gasteiger partial charge is 0.308 e. The van der Waals surface area contributed by atoms with E-state index >= 15 is 0 Å². The Morgan fingerprint density at radius 3 is 2.41 bits per heavy atom. The van der Waals surface area contributed by atoms with Crippen molar-refractivity contribution in [2.24, 2.45) is 7.05 Å². The van der Waals surface area contributed by atoms with Crippen LogP contribution >= 0.6 is 11.8 Å². The normalized spacial score (nSPS) is 11.7. The van der Waals surface area contributed by atoms with Crippen LogP contribution in [0.2, 0.25) is 0 Å². The van der Waals surface area contributed by atoms with Gasteiger partial charge in [-0.1, -0.05) is 30.0 Å². The Kier molecular flexibility index (Phi) is 6.46. The van der Waals surface area contributed by atoms with Crippen LogP contribution in [0.3, 0.4) is 0 Å². The highest BCUT2D eigenvalue weighted by molar-refractivity contribution is 7.99. The molecule has 0 amide bonds. The van der Waals surface area contributed by atoms with Crippen LogP contribution in [0.1, 0.15) is 16.2 Å². The van der Waals surface area contributed by atoms with Gasteiger partial charge in [-0.3, -0.25) is 4.79 Å². The SMILES string of the molecule is CN(Cc1nnc(SCC(=O)c2ccc(F)cc2)n1C)S(=O)(=O)c1ccccc1. The summed E-state index contributed by atoms with van der Waals surface area (Å²) < 4.78 is 41.1. The quantitative estimate of drug-likeness (QED) is 0.400. The lowest BCUT2D eigenvalue weighted by atomic mass is 10.1. The molecular formula is C19H19FN4O3S2. The smallest absolute Gasteiger partial charge is 0.243 e. The second-order valence-corrected chi connectivity index (χ2v) is 9.24. The van der Waals surface area contributed by atoms with Gasteiger partial charge in [-0.15, -0.1) is 10.2 Å². The monoisotopic (exact) mass is 434 g/mol. The summed E-state index contributed by atoms with van der Waals surface area (Å²) in [6.07, 6.45) is 0. The lowest BCUT2D eigenvalue weighted by Gasteiger charge is -2.16. The van der Waals surface area contributed by atoms with Gasteiger partial charge in [0, 0.05) is 19.7 Å². The zero-order chi connectivity index (χ0) is 21.0. The minimum atomic E-state index is -3.65. The van der Waals surface area contributed by atoms with Crippen LogP contribution in [-0.4, -0.2) is 46.1 Å². The number of Topliss-reactive ketones (excluding diaryl/α,β-unsaturated/α-hetero) is 1. The molecule has 152 valence electrons. The Balaban J connectivity index is 1.66. The molecule has 0 saturated carbocycles. The molecule has 0 aliphatic rings. The molecule has 1 aromatic heterocycles. The average Bonchev–Trinajstić information content (AvgIpc) is 3.06. The number of halogens is 1. The zero-order valence-corrected chi connectivity index (χ0v) is 17.5. The second kappa shape index (κ2) is 8.85. The summed E-state index contributed by atoms with van der Waals surface area (Å²) in [6.45, 7) is 0.0349. The lowest BCUT2D eigenvalue weighted by Crippen LogP contribution is -2.27. The van der Waals surface area contributed by atoms with E-state index in [1.54, 1.807) is 29.8 Å². The van der Waals surface area contributed by atoms with Crippen molar-refractivity contribution in [3.05, 3.63) is 71.8 Å². The molecule has 0 aliphatic heterocycles. The van der Waals surface area contributed by atoms with E-state index in [0.717, 1.165) is 0 Å². The molecule has 2 aromatic carbocycles. The fourth-order valence-corrected chi connectivity index (χ4v) is 4.49. The summed E-state index contributed by atoms with van der Waals surface area (Å²) in [7, 11) is -0.464. The number of thioether (sulfide) groups is 1. The number of carbonyl (C=O) groups is 1. The molecule has 0 spiro atoms. The molecule has 0 unspecified atom stereocenters. The number of benzene rings is 2. The van der Waals surface area contributed by atoms with Crippen molar-refractivity contribution in [3.8, 4) is 0 Å². The first-order valence-electron chi connectivity index (χ1n) is 8.60. The van der Waals surface area contributed by atoms with E-state index in [1.165, 1.54) is 59.5 Å². The van der Waals surface area contributed by atoms with Crippen LogP contribution in [0.4, 0.5) is 4.39 Å². The van der Waals surface area contributed by atoms with Gasteiger partial charge in [0.05, 0.1) is 17.2 Å². The minimum absolute atomic E-state index is 0.0349. The Morgan fingerprint density at radius 2 is 1.76 bits per heavy atom. The van der Waals surface area contributed by atoms with Gasteiger partial charge in [-0.05, 0) is 36.4 Å². The fraction of sp³-hybridized carbons (Fsp3) is 0.211. The molecule has 0 radical (unpaired) electrons. The van der Waals surface area contributed by atoms with Gasteiger partial charge in [0.1, 0.15) is 11.6 Å². The van der Waals surface area contributed by atoms with Gasteiger partial charge in [0.2, 0.25) is 10.0 Å². The van der Waals surface area contributed by atoms with Crippen molar-refractivity contribution in [1.29, 1.82) is 0 Å². The Morgan fingerprint density at radius 1 is 1.10 bits per heavy atom. The van der Waals surface area contributed by atoms with Crippen molar-refractivity contribution in [3.63, 3.8) is 0 Å². The zero-order valence-electron chi connectivity index (χ0n) is 15.8. The summed E-state index contributed by atoms with van der Waals surface area (Å²) in [4.78, 5) is 12.4. The molecule has 3 aromatic rings. The summed E-state index contributed by atoms with van der Waals surface area (Å²) in [5.74, 6) is -0.00997. The number of nitrogens with zero attached hydrogens (tertiary/aromatic N) is 4. The van der Waals surface area contributed by atoms with Crippen LogP contribution < -0.4 is 0 Å². The van der Waals surface area contributed by atoms with Crippen LogP contribution in [0.25, 0.3) is 0 Å². The maximum atomic E-state index is 13.0. The highest BCUT2D eigenvalue weighted by atomic mass is 32.2. The number of rotatable bonds is 8. The van der Waals surface area contributed by atoms with Crippen molar-refractivity contribution in [1.82, 2.24) is 19.1 Å². The number of aromatic nitrogens is 3. The molecule has 0 N–H and O–H groups in total. The van der Waals surface area contributed by atoms with E-state index in [0.29, 0.717) is 16.5 Å². The minimum Gasteiger partial charge on any atom is -0.308 e. The third kappa shape index (κ3) is 4.89. The highest BCUT2D eigenvalue weighted by Crippen LogP contribution is 2.20. The van der Waals surface area contributed by atoms with Crippen LogP contribution in [0, 0.1) is 5.82 Å². The van der Waals surface area contributed by atoms with Crippen LogP contribution in [0.5, 0.6) is 0 Å². The molecule has 1 heterocycles. The molecule has 0 fully saturated rings. The van der Waals surface area contributed by atoms with E-state index in [-0.39, 0.29) is 23.0 Å². The van der Waals surface area contributed by atoms with Crippen molar-refractivity contribution >= 4 is 27.6 Å². The van der Waals surface area contributed by atoms with E-state index in [4.69, 9.17) is 0 Å². The highest BCUT2D eigenvalue weighted by Gasteiger charge is 2.23. The Bertz CT molecular complexity index is 1100. The third-order valence-electron chi connectivity index (χ3n) is 4.24. The number of hydrogen-bond acceptors (Lipinski definition) is 6. The maximum absolute atomic E-state index is 13.0. The first-order valence-corrected chi connectivity index (χ1v) is 11.0. The summed E-state index contributed by atoms with van der Waals surface area (Å²) in [5, 5.41) is 8.58.